The lowest BCUT2D eigenvalue weighted by Crippen LogP contribution is -2.70. The van der Waals surface area contributed by atoms with E-state index in [-0.39, 0.29) is 12.3 Å². The monoisotopic (exact) mass is 717 g/mol. The zero-order valence-electron chi connectivity index (χ0n) is 29.8. The van der Waals surface area contributed by atoms with E-state index in [1.54, 1.807) is 0 Å². The van der Waals surface area contributed by atoms with E-state index in [0.717, 1.165) is 26.2 Å². The number of carboxylic acids is 2. The van der Waals surface area contributed by atoms with Gasteiger partial charge in [-0.3, -0.25) is 24.0 Å². The van der Waals surface area contributed by atoms with E-state index >= 15 is 0 Å². The first kappa shape index (κ1) is 45.1. The number of aliphatic hydroxyl groups excluding tert-OH is 3. The molecule has 290 valence electrons. The molecule has 1 rings (SSSR count). The van der Waals surface area contributed by atoms with Gasteiger partial charge in [-0.25, -0.2) is 10.9 Å². The van der Waals surface area contributed by atoms with Crippen LogP contribution in [0.4, 0.5) is 0 Å². The van der Waals surface area contributed by atoms with Crippen molar-refractivity contribution in [2.75, 3.05) is 13.2 Å². The molecule has 0 aromatic heterocycles. The summed E-state index contributed by atoms with van der Waals surface area (Å²) < 4.78 is 5.56. The molecule has 0 saturated carbocycles. The Labute approximate surface area is 295 Å². The minimum absolute atomic E-state index is 0.0383. The molecule has 0 bridgehead atoms. The lowest BCUT2D eigenvalue weighted by atomic mass is 9.82. The SMILES string of the molecule is CCCCCCCCCCCCCCCC(=O)NCCCC[C@H](NN[C@H](C(=O)O)C(C(N)=O)[C@@H]1O[C@H](CO)[C@@H](O)[C@H](O)[C@H]1NC(C)=O)C(=O)O. The van der Waals surface area contributed by atoms with Crippen molar-refractivity contribution in [1.29, 1.82) is 0 Å². The second-order valence-corrected chi connectivity index (χ2v) is 13.3. The van der Waals surface area contributed by atoms with E-state index in [1.807, 2.05) is 0 Å². The fraction of sp³-hybridized carbons (Fsp3) is 0.853. The van der Waals surface area contributed by atoms with Gasteiger partial charge in [-0.15, -0.1) is 0 Å². The van der Waals surface area contributed by atoms with Gasteiger partial charge in [0.2, 0.25) is 17.7 Å². The Bertz CT molecular complexity index is 1020. The molecule has 0 spiro atoms. The fourth-order valence-corrected chi connectivity index (χ4v) is 6.22. The number of carbonyl (C=O) groups excluding carboxylic acids is 3. The van der Waals surface area contributed by atoms with Crippen molar-refractivity contribution in [3.8, 4) is 0 Å². The van der Waals surface area contributed by atoms with Crippen LogP contribution in [0.3, 0.4) is 0 Å². The average molecular weight is 718 g/mol. The van der Waals surface area contributed by atoms with Gasteiger partial charge >= 0.3 is 11.9 Å². The fourth-order valence-electron chi connectivity index (χ4n) is 6.22. The maximum atomic E-state index is 12.6. The van der Waals surface area contributed by atoms with Crippen molar-refractivity contribution < 1.29 is 54.2 Å². The number of carbonyl (C=O) groups is 5. The maximum absolute atomic E-state index is 12.6. The Morgan fingerprint density at radius 1 is 0.760 bits per heavy atom. The van der Waals surface area contributed by atoms with Gasteiger partial charge in [0, 0.05) is 19.9 Å². The lowest BCUT2D eigenvalue weighted by molar-refractivity contribution is -0.210. The molecule has 0 aliphatic carbocycles. The number of carboxylic acid groups (broad SMARTS) is 2. The lowest BCUT2D eigenvalue weighted by Gasteiger charge is -2.45. The Balaban J connectivity index is 2.49. The molecule has 16 nitrogen and oxygen atoms in total. The first-order valence-electron chi connectivity index (χ1n) is 18.3. The molecule has 50 heavy (non-hydrogen) atoms. The number of rotatable bonds is 29. The van der Waals surface area contributed by atoms with Crippen LogP contribution < -0.4 is 27.2 Å². The second-order valence-electron chi connectivity index (χ2n) is 13.3. The van der Waals surface area contributed by atoms with Crippen LogP contribution in [-0.4, -0.2) is 111 Å². The molecule has 11 N–H and O–H groups in total. The summed E-state index contributed by atoms with van der Waals surface area (Å²) in [6.07, 6.45) is 10.7. The molecule has 1 fully saturated rings. The van der Waals surface area contributed by atoms with Crippen LogP contribution in [0.1, 0.15) is 123 Å². The average Bonchev–Trinajstić information content (AvgIpc) is 3.05. The van der Waals surface area contributed by atoms with Crippen LogP contribution in [0, 0.1) is 5.92 Å². The molecule has 3 amide bonds. The predicted octanol–water partition coefficient (Wildman–Crippen LogP) is 0.843. The Kier molecular flexibility index (Phi) is 23.4. The first-order valence-corrected chi connectivity index (χ1v) is 18.3. The van der Waals surface area contributed by atoms with Gasteiger partial charge < -0.3 is 46.6 Å². The molecule has 1 heterocycles. The second kappa shape index (κ2) is 26.0. The number of hydrazine groups is 1. The number of hydrogen-bond donors (Lipinski definition) is 10. The number of aliphatic carboxylic acids is 2. The number of hydrogen-bond acceptors (Lipinski definition) is 11. The summed E-state index contributed by atoms with van der Waals surface area (Å²) in [5.74, 6) is -6.75. The number of nitrogens with two attached hydrogens (primary N) is 1. The molecule has 0 aromatic rings. The highest BCUT2D eigenvalue weighted by atomic mass is 16.5. The van der Waals surface area contributed by atoms with Gasteiger partial charge in [-0.1, -0.05) is 84.0 Å². The van der Waals surface area contributed by atoms with Crippen LogP contribution in [0.5, 0.6) is 0 Å². The smallest absolute Gasteiger partial charge is 0.322 e. The van der Waals surface area contributed by atoms with Crippen molar-refractivity contribution >= 4 is 29.7 Å². The highest BCUT2D eigenvalue weighted by Gasteiger charge is 2.52. The molecule has 1 saturated heterocycles. The zero-order valence-corrected chi connectivity index (χ0v) is 29.8. The third-order valence-corrected chi connectivity index (χ3v) is 9.10. The normalized spacial score (nSPS) is 22.3. The molecule has 1 aliphatic rings. The Hall–Kier alpha value is -2.89. The Morgan fingerprint density at radius 2 is 1.32 bits per heavy atom. The number of unbranched alkanes of at least 4 members (excludes halogenated alkanes) is 13. The highest BCUT2D eigenvalue weighted by molar-refractivity contribution is 5.86. The summed E-state index contributed by atoms with van der Waals surface area (Å²) in [6.45, 7) is 2.86. The molecular formula is C34H63N5O11. The van der Waals surface area contributed by atoms with Crippen LogP contribution in [-0.2, 0) is 28.7 Å². The molecule has 8 atom stereocenters. The molecule has 0 radical (unpaired) electrons. The number of ether oxygens (including phenoxy) is 1. The van der Waals surface area contributed by atoms with E-state index in [0.29, 0.717) is 25.8 Å². The minimum atomic E-state index is -1.92. The first-order chi connectivity index (χ1) is 23.8. The third-order valence-electron chi connectivity index (χ3n) is 9.10. The van der Waals surface area contributed by atoms with Crippen LogP contribution in [0.15, 0.2) is 0 Å². The topological polar surface area (TPSA) is 270 Å². The van der Waals surface area contributed by atoms with E-state index in [4.69, 9.17) is 10.5 Å². The maximum Gasteiger partial charge on any atom is 0.322 e. The summed E-state index contributed by atoms with van der Waals surface area (Å²) in [6, 6.07) is -4.72. The van der Waals surface area contributed by atoms with E-state index in [1.165, 1.54) is 64.2 Å². The van der Waals surface area contributed by atoms with E-state index in [9.17, 15) is 49.5 Å². The van der Waals surface area contributed by atoms with Gasteiger partial charge in [0.05, 0.1) is 24.7 Å². The number of primary amides is 1. The molecule has 16 heteroatoms. The van der Waals surface area contributed by atoms with Crippen molar-refractivity contribution in [2.45, 2.75) is 166 Å². The van der Waals surface area contributed by atoms with E-state index in [2.05, 4.69) is 28.4 Å². The van der Waals surface area contributed by atoms with Crippen LogP contribution >= 0.6 is 0 Å². The number of nitrogens with one attached hydrogen (secondary N) is 4. The van der Waals surface area contributed by atoms with Crippen molar-refractivity contribution in [3.63, 3.8) is 0 Å². The number of aliphatic hydroxyl groups is 3. The standard InChI is InChI=1S/C34H63N5O11/c1-3-4-5-6-7-8-9-10-11-12-13-14-15-19-25(42)36-20-17-16-18-23(33(46)47)38-39-27(34(48)49)26(32(35)45)31-28(37-22(2)41)30(44)29(43)24(21-40)50-31/h23-24,26-31,38-40,43-44H,3-21H2,1-2H3,(H2,35,45)(H,36,42)(H,37,41)(H,46,47)(H,48,49)/t23-,24+,26?,27-,28+,29+,30+,31-/m0/s1. The highest BCUT2D eigenvalue weighted by Crippen LogP contribution is 2.28. The summed E-state index contributed by atoms with van der Waals surface area (Å²) in [4.78, 5) is 60.8. The largest absolute Gasteiger partial charge is 0.480 e. The predicted molar refractivity (Wildman–Crippen MR) is 184 cm³/mol. The quantitative estimate of drug-likeness (QED) is 0.0380. The molecule has 0 aromatic carbocycles. The van der Waals surface area contributed by atoms with Gasteiger partial charge in [-0.2, -0.15) is 0 Å². The van der Waals surface area contributed by atoms with Gasteiger partial charge in [0.15, 0.2) is 0 Å². The van der Waals surface area contributed by atoms with Crippen molar-refractivity contribution in [1.82, 2.24) is 21.5 Å². The van der Waals surface area contributed by atoms with Crippen LogP contribution in [0.25, 0.3) is 0 Å². The molecule has 1 aliphatic heterocycles. The van der Waals surface area contributed by atoms with Gasteiger partial charge in [0.25, 0.3) is 0 Å². The van der Waals surface area contributed by atoms with E-state index < -0.39 is 78.8 Å². The number of amides is 3. The van der Waals surface area contributed by atoms with Crippen molar-refractivity contribution in [2.24, 2.45) is 11.7 Å². The summed E-state index contributed by atoms with van der Waals surface area (Å²) in [5.41, 5.74) is 10.3. The van der Waals surface area contributed by atoms with Gasteiger partial charge in [0.1, 0.15) is 30.4 Å². The molecular weight excluding hydrogens is 654 g/mol. The Morgan fingerprint density at radius 3 is 1.80 bits per heavy atom. The minimum Gasteiger partial charge on any atom is -0.480 e. The zero-order chi connectivity index (χ0) is 37.5. The summed E-state index contributed by atoms with van der Waals surface area (Å²) >= 11 is 0. The van der Waals surface area contributed by atoms with Crippen molar-refractivity contribution in [3.05, 3.63) is 0 Å². The van der Waals surface area contributed by atoms with Gasteiger partial charge in [-0.05, 0) is 25.7 Å². The summed E-state index contributed by atoms with van der Waals surface area (Å²) in [5, 5.41) is 55.3. The molecule has 1 unspecified atom stereocenters. The van der Waals surface area contributed by atoms with Crippen LogP contribution in [0.2, 0.25) is 0 Å². The summed E-state index contributed by atoms with van der Waals surface area (Å²) in [7, 11) is 0. The third kappa shape index (κ3) is 17.4.